The van der Waals surface area contributed by atoms with E-state index in [4.69, 9.17) is 5.73 Å². The van der Waals surface area contributed by atoms with Gasteiger partial charge in [0.1, 0.15) is 0 Å². The van der Waals surface area contributed by atoms with Crippen molar-refractivity contribution in [2.45, 2.75) is 45.1 Å². The van der Waals surface area contributed by atoms with E-state index in [1.165, 1.54) is 12.1 Å². The van der Waals surface area contributed by atoms with Gasteiger partial charge in [-0.25, -0.2) is 0 Å². The maximum atomic E-state index is 10.8. The van der Waals surface area contributed by atoms with E-state index in [9.17, 15) is 15.2 Å². The van der Waals surface area contributed by atoms with Crippen LogP contribution in [0.1, 0.15) is 39.5 Å². The summed E-state index contributed by atoms with van der Waals surface area (Å²) in [5, 5.41) is 24.5. The van der Waals surface area contributed by atoms with Crippen molar-refractivity contribution in [3.63, 3.8) is 0 Å². The van der Waals surface area contributed by atoms with Crippen molar-refractivity contribution < 1.29 is 10.0 Å². The lowest BCUT2D eigenvalue weighted by molar-refractivity contribution is -0.384. The number of aliphatic hydroxyl groups is 1. The molecule has 0 bridgehead atoms. The highest BCUT2D eigenvalue weighted by atomic mass is 16.6. The van der Waals surface area contributed by atoms with Crippen LogP contribution in [0.15, 0.2) is 18.2 Å². The highest BCUT2D eigenvalue weighted by Gasteiger charge is 2.36. The fourth-order valence-electron chi connectivity index (χ4n) is 2.68. The molecule has 1 aliphatic carbocycles. The molecule has 21 heavy (non-hydrogen) atoms. The summed E-state index contributed by atoms with van der Waals surface area (Å²) in [6, 6.07) is 4.40. The van der Waals surface area contributed by atoms with Crippen LogP contribution in [0, 0.1) is 15.5 Å². The number of hydrogen-bond acceptors (Lipinski definition) is 5. The number of non-ortho nitro benzene ring substituents is 1. The molecule has 1 aromatic carbocycles. The minimum Gasteiger partial charge on any atom is -0.398 e. The summed E-state index contributed by atoms with van der Waals surface area (Å²) >= 11 is 0. The first-order valence-corrected chi connectivity index (χ1v) is 7.20. The van der Waals surface area contributed by atoms with E-state index in [1.54, 1.807) is 6.07 Å². The topological polar surface area (TPSA) is 101 Å². The molecule has 116 valence electrons. The Morgan fingerprint density at radius 2 is 1.90 bits per heavy atom. The summed E-state index contributed by atoms with van der Waals surface area (Å²) in [6.07, 6.45) is 3.42. The largest absolute Gasteiger partial charge is 0.398 e. The van der Waals surface area contributed by atoms with Gasteiger partial charge in [0.05, 0.1) is 10.5 Å². The molecule has 0 saturated heterocycles. The lowest BCUT2D eigenvalue weighted by atomic mass is 9.71. The van der Waals surface area contributed by atoms with E-state index in [1.807, 2.05) is 0 Å². The number of nitrogens with two attached hydrogens (primary N) is 1. The molecule has 1 aromatic rings. The van der Waals surface area contributed by atoms with E-state index in [-0.39, 0.29) is 11.1 Å². The Morgan fingerprint density at radius 3 is 2.48 bits per heavy atom. The van der Waals surface area contributed by atoms with E-state index < -0.39 is 10.5 Å². The van der Waals surface area contributed by atoms with Gasteiger partial charge >= 0.3 is 0 Å². The Labute approximate surface area is 124 Å². The minimum absolute atomic E-state index is 0.0470. The molecular formula is C15H23N3O3. The van der Waals surface area contributed by atoms with Crippen molar-refractivity contribution in [1.29, 1.82) is 0 Å². The highest BCUT2D eigenvalue weighted by Crippen LogP contribution is 2.40. The molecule has 1 aliphatic rings. The summed E-state index contributed by atoms with van der Waals surface area (Å²) in [5.74, 6) is 0. The second-order valence-corrected chi connectivity index (χ2v) is 6.81. The fourth-order valence-corrected chi connectivity index (χ4v) is 2.68. The summed E-state index contributed by atoms with van der Waals surface area (Å²) in [7, 11) is 0. The van der Waals surface area contributed by atoms with Crippen LogP contribution in [0.3, 0.4) is 0 Å². The van der Waals surface area contributed by atoms with Crippen molar-refractivity contribution in [1.82, 2.24) is 0 Å². The average molecular weight is 293 g/mol. The predicted molar refractivity (Wildman–Crippen MR) is 83.2 cm³/mol. The van der Waals surface area contributed by atoms with Gasteiger partial charge in [0.2, 0.25) is 0 Å². The van der Waals surface area contributed by atoms with Crippen LogP contribution in [0.25, 0.3) is 0 Å². The Kier molecular flexibility index (Phi) is 4.09. The first kappa shape index (κ1) is 15.6. The van der Waals surface area contributed by atoms with Gasteiger partial charge in [0.25, 0.3) is 5.69 Å². The molecule has 1 fully saturated rings. The van der Waals surface area contributed by atoms with Crippen LogP contribution in [0.4, 0.5) is 17.1 Å². The molecule has 0 radical (unpaired) electrons. The molecule has 0 heterocycles. The molecule has 0 aliphatic heterocycles. The van der Waals surface area contributed by atoms with Crippen LogP contribution in [-0.2, 0) is 0 Å². The third-order valence-corrected chi connectivity index (χ3v) is 4.31. The van der Waals surface area contributed by atoms with Crippen LogP contribution < -0.4 is 11.1 Å². The number of benzene rings is 1. The van der Waals surface area contributed by atoms with Crippen LogP contribution >= 0.6 is 0 Å². The number of nitro groups is 1. The molecule has 0 aromatic heterocycles. The van der Waals surface area contributed by atoms with Crippen molar-refractivity contribution in [2.24, 2.45) is 5.41 Å². The third kappa shape index (κ3) is 4.07. The zero-order chi connectivity index (χ0) is 15.7. The molecule has 0 amide bonds. The van der Waals surface area contributed by atoms with Gasteiger partial charge in [0, 0.05) is 30.1 Å². The number of rotatable bonds is 4. The van der Waals surface area contributed by atoms with Gasteiger partial charge in [-0.1, -0.05) is 13.8 Å². The van der Waals surface area contributed by atoms with Gasteiger partial charge in [-0.15, -0.1) is 0 Å². The van der Waals surface area contributed by atoms with E-state index in [0.29, 0.717) is 17.9 Å². The van der Waals surface area contributed by atoms with E-state index in [0.717, 1.165) is 25.7 Å². The maximum absolute atomic E-state index is 10.8. The van der Waals surface area contributed by atoms with Gasteiger partial charge in [-0.3, -0.25) is 10.1 Å². The normalized spacial score (nSPS) is 20.0. The molecule has 1 saturated carbocycles. The van der Waals surface area contributed by atoms with Crippen molar-refractivity contribution in [3.8, 4) is 0 Å². The third-order valence-electron chi connectivity index (χ3n) is 4.31. The number of nitro benzene ring substituents is 1. The molecular weight excluding hydrogens is 270 g/mol. The van der Waals surface area contributed by atoms with Gasteiger partial charge in [-0.05, 0) is 37.2 Å². The van der Waals surface area contributed by atoms with Crippen molar-refractivity contribution >= 4 is 17.1 Å². The van der Waals surface area contributed by atoms with Crippen molar-refractivity contribution in [2.75, 3.05) is 17.6 Å². The van der Waals surface area contributed by atoms with E-state index >= 15 is 0 Å². The minimum atomic E-state index is -0.755. The lowest BCUT2D eigenvalue weighted by Crippen LogP contribution is -2.42. The standard InChI is InChI=1S/C15H23N3O3/c1-14(2)3-5-15(19,6-4-14)10-17-12-7-11(16)8-13(9-12)18(20)21/h7-9,17,19H,3-6,10,16H2,1-2H3. The van der Waals surface area contributed by atoms with E-state index in [2.05, 4.69) is 19.2 Å². The molecule has 0 atom stereocenters. The van der Waals surface area contributed by atoms with Crippen LogP contribution in [0.5, 0.6) is 0 Å². The molecule has 6 nitrogen and oxygen atoms in total. The average Bonchev–Trinajstić information content (AvgIpc) is 2.40. The van der Waals surface area contributed by atoms with Crippen LogP contribution in [0.2, 0.25) is 0 Å². The molecule has 0 unspecified atom stereocenters. The first-order chi connectivity index (χ1) is 9.69. The molecule has 4 N–H and O–H groups in total. The number of hydrogen-bond donors (Lipinski definition) is 3. The SMILES string of the molecule is CC1(C)CCC(O)(CNc2cc(N)cc([N+](=O)[O-])c2)CC1. The predicted octanol–water partition coefficient (Wildman–Crippen LogP) is 2.92. The molecule has 2 rings (SSSR count). The lowest BCUT2D eigenvalue weighted by Gasteiger charge is -2.40. The Morgan fingerprint density at radius 1 is 1.29 bits per heavy atom. The zero-order valence-corrected chi connectivity index (χ0v) is 12.6. The second kappa shape index (κ2) is 5.52. The fraction of sp³-hybridized carbons (Fsp3) is 0.600. The Hall–Kier alpha value is -1.82. The molecule has 0 spiro atoms. The second-order valence-electron chi connectivity index (χ2n) is 6.81. The number of anilines is 2. The summed E-state index contributed by atoms with van der Waals surface area (Å²) < 4.78 is 0. The highest BCUT2D eigenvalue weighted by molar-refractivity contribution is 5.61. The van der Waals surface area contributed by atoms with Crippen LogP contribution in [-0.4, -0.2) is 22.2 Å². The zero-order valence-electron chi connectivity index (χ0n) is 12.6. The monoisotopic (exact) mass is 293 g/mol. The summed E-state index contributed by atoms with van der Waals surface area (Å²) in [4.78, 5) is 10.3. The number of nitrogens with zero attached hydrogens (tertiary/aromatic N) is 1. The first-order valence-electron chi connectivity index (χ1n) is 7.20. The number of nitrogen functional groups attached to an aromatic ring is 1. The van der Waals surface area contributed by atoms with Crippen molar-refractivity contribution in [3.05, 3.63) is 28.3 Å². The Balaban J connectivity index is 2.01. The summed E-state index contributed by atoms with van der Waals surface area (Å²) in [5.41, 5.74) is 6.05. The Bertz CT molecular complexity index is 533. The van der Waals surface area contributed by atoms with Gasteiger partial charge in [0.15, 0.2) is 0 Å². The smallest absolute Gasteiger partial charge is 0.273 e. The quantitative estimate of drug-likeness (QED) is 0.450. The maximum Gasteiger partial charge on any atom is 0.273 e. The molecule has 6 heteroatoms. The van der Waals surface area contributed by atoms with Gasteiger partial charge in [-0.2, -0.15) is 0 Å². The summed E-state index contributed by atoms with van der Waals surface area (Å²) in [6.45, 7) is 4.80. The number of nitrogens with one attached hydrogen (secondary N) is 1. The van der Waals surface area contributed by atoms with Gasteiger partial charge < -0.3 is 16.2 Å².